The van der Waals surface area contributed by atoms with Gasteiger partial charge in [0, 0.05) is 23.5 Å². The normalized spacial score (nSPS) is 19.2. The predicted molar refractivity (Wildman–Crippen MR) is 90.5 cm³/mol. The Hall–Kier alpha value is -1.56. The van der Waals surface area contributed by atoms with Crippen molar-refractivity contribution in [1.82, 2.24) is 4.90 Å². The Labute approximate surface area is 144 Å². The number of ether oxygens (including phenoxy) is 1. The van der Waals surface area contributed by atoms with E-state index in [-0.39, 0.29) is 18.4 Å². The van der Waals surface area contributed by atoms with Crippen LogP contribution in [0.25, 0.3) is 0 Å². The smallest absolute Gasteiger partial charge is 0.303 e. The number of likely N-dealkylation sites (tertiary alicyclic amines) is 1. The summed E-state index contributed by atoms with van der Waals surface area (Å²) < 4.78 is 6.64. The van der Waals surface area contributed by atoms with E-state index in [1.165, 1.54) is 0 Å². The zero-order valence-electron chi connectivity index (χ0n) is 13.2. The van der Waals surface area contributed by atoms with Crippen molar-refractivity contribution in [2.24, 2.45) is 0 Å². The number of carboxylic acid groups (broad SMARTS) is 1. The lowest BCUT2D eigenvalue weighted by Gasteiger charge is -2.37. The molecule has 0 spiro atoms. The molecule has 6 heteroatoms. The maximum Gasteiger partial charge on any atom is 0.303 e. The second-order valence-corrected chi connectivity index (χ2v) is 6.75. The van der Waals surface area contributed by atoms with Crippen LogP contribution >= 0.6 is 15.9 Å². The highest BCUT2D eigenvalue weighted by Gasteiger charge is 2.30. The summed E-state index contributed by atoms with van der Waals surface area (Å²) >= 11 is 3.38. The number of benzene rings is 1. The molecule has 2 rings (SSSR count). The Morgan fingerprint density at radius 1 is 1.43 bits per heavy atom. The maximum absolute atomic E-state index is 12.7. The minimum Gasteiger partial charge on any atom is -0.481 e. The molecule has 2 atom stereocenters. The van der Waals surface area contributed by atoms with Gasteiger partial charge in [-0.3, -0.25) is 9.59 Å². The molecule has 1 aliphatic heterocycles. The third-order valence-corrected chi connectivity index (χ3v) is 4.55. The topological polar surface area (TPSA) is 66.8 Å². The van der Waals surface area contributed by atoms with E-state index in [9.17, 15) is 9.59 Å². The standard InChI is InChI=1S/C17H22BrNO4/c1-12(23-15-7-4-5-13(18)11-15)17(22)19-10-3-2-6-14(19)8-9-16(20)21/h4-5,7,11-12,14H,2-3,6,8-10H2,1H3,(H,20,21). The molecule has 126 valence electrons. The molecule has 5 nitrogen and oxygen atoms in total. The number of hydrogen-bond donors (Lipinski definition) is 1. The first-order valence-corrected chi connectivity index (χ1v) is 8.71. The molecule has 1 aromatic carbocycles. The molecule has 23 heavy (non-hydrogen) atoms. The van der Waals surface area contributed by atoms with Gasteiger partial charge in [0.25, 0.3) is 5.91 Å². The molecule has 0 aliphatic carbocycles. The lowest BCUT2D eigenvalue weighted by molar-refractivity contribution is -0.144. The van der Waals surface area contributed by atoms with Crippen molar-refractivity contribution in [3.8, 4) is 5.75 Å². The van der Waals surface area contributed by atoms with E-state index in [4.69, 9.17) is 9.84 Å². The molecule has 1 N–H and O–H groups in total. The summed E-state index contributed by atoms with van der Waals surface area (Å²) in [6.45, 7) is 2.42. The molecule has 1 saturated heterocycles. The zero-order valence-corrected chi connectivity index (χ0v) is 14.8. The highest BCUT2D eigenvalue weighted by Crippen LogP contribution is 2.24. The Balaban J connectivity index is 1.99. The third kappa shape index (κ3) is 5.23. The van der Waals surface area contributed by atoms with Crippen LogP contribution in [-0.4, -0.2) is 40.6 Å². The fraction of sp³-hybridized carbons (Fsp3) is 0.529. The number of halogens is 1. The number of carbonyl (C=O) groups excluding carboxylic acids is 1. The molecule has 1 heterocycles. The van der Waals surface area contributed by atoms with Crippen LogP contribution in [0.2, 0.25) is 0 Å². The molecule has 0 aromatic heterocycles. The van der Waals surface area contributed by atoms with Gasteiger partial charge in [-0.05, 0) is 50.8 Å². The average Bonchev–Trinajstić information content (AvgIpc) is 2.52. The first kappa shape index (κ1) is 17.8. The third-order valence-electron chi connectivity index (χ3n) is 4.06. The summed E-state index contributed by atoms with van der Waals surface area (Å²) in [7, 11) is 0. The Morgan fingerprint density at radius 3 is 2.91 bits per heavy atom. The van der Waals surface area contributed by atoms with Gasteiger partial charge in [-0.1, -0.05) is 22.0 Å². The van der Waals surface area contributed by atoms with E-state index < -0.39 is 12.1 Å². The minimum absolute atomic E-state index is 0.000842. The van der Waals surface area contributed by atoms with Crippen molar-refractivity contribution >= 4 is 27.8 Å². The van der Waals surface area contributed by atoms with Crippen molar-refractivity contribution < 1.29 is 19.4 Å². The Bertz CT molecular complexity index is 563. The van der Waals surface area contributed by atoms with Gasteiger partial charge >= 0.3 is 5.97 Å². The number of hydrogen-bond acceptors (Lipinski definition) is 3. The first-order valence-electron chi connectivity index (χ1n) is 7.92. The number of carboxylic acids is 1. The summed E-state index contributed by atoms with van der Waals surface area (Å²) in [5, 5.41) is 8.87. The van der Waals surface area contributed by atoms with E-state index >= 15 is 0 Å². The zero-order chi connectivity index (χ0) is 16.8. The molecule has 0 radical (unpaired) electrons. The molecular weight excluding hydrogens is 362 g/mol. The van der Waals surface area contributed by atoms with E-state index in [1.807, 2.05) is 24.3 Å². The van der Waals surface area contributed by atoms with Gasteiger partial charge in [0.05, 0.1) is 0 Å². The van der Waals surface area contributed by atoms with Gasteiger partial charge in [0.1, 0.15) is 5.75 Å². The number of nitrogens with zero attached hydrogens (tertiary/aromatic N) is 1. The molecular formula is C17H22BrNO4. The summed E-state index contributed by atoms with van der Waals surface area (Å²) in [4.78, 5) is 25.3. The summed E-state index contributed by atoms with van der Waals surface area (Å²) in [6, 6.07) is 7.38. The van der Waals surface area contributed by atoms with E-state index in [0.717, 1.165) is 23.7 Å². The number of rotatable bonds is 6. The van der Waals surface area contributed by atoms with E-state index in [0.29, 0.717) is 18.7 Å². The van der Waals surface area contributed by atoms with Gasteiger partial charge in [-0.25, -0.2) is 0 Å². The monoisotopic (exact) mass is 383 g/mol. The minimum atomic E-state index is -0.818. The molecule has 0 saturated carbocycles. The number of piperidine rings is 1. The fourth-order valence-corrected chi connectivity index (χ4v) is 3.29. The van der Waals surface area contributed by atoms with Crippen LogP contribution < -0.4 is 4.74 Å². The lowest BCUT2D eigenvalue weighted by Crippen LogP contribution is -2.49. The highest BCUT2D eigenvalue weighted by molar-refractivity contribution is 9.10. The van der Waals surface area contributed by atoms with Crippen molar-refractivity contribution in [3.63, 3.8) is 0 Å². The largest absolute Gasteiger partial charge is 0.481 e. The van der Waals surface area contributed by atoms with Crippen molar-refractivity contribution in [3.05, 3.63) is 28.7 Å². The molecule has 0 bridgehead atoms. The summed E-state index contributed by atoms with van der Waals surface area (Å²) in [6.07, 6.45) is 2.87. The Kier molecular flexibility index (Phi) is 6.45. The second kappa shape index (κ2) is 8.34. The van der Waals surface area contributed by atoms with Crippen molar-refractivity contribution in [2.75, 3.05) is 6.54 Å². The van der Waals surface area contributed by atoms with E-state index in [1.54, 1.807) is 11.8 Å². The van der Waals surface area contributed by atoms with Crippen LogP contribution in [0.4, 0.5) is 0 Å². The highest BCUT2D eigenvalue weighted by atomic mass is 79.9. The van der Waals surface area contributed by atoms with Crippen LogP contribution in [0.5, 0.6) is 5.75 Å². The van der Waals surface area contributed by atoms with Crippen LogP contribution in [-0.2, 0) is 9.59 Å². The van der Waals surface area contributed by atoms with Gasteiger partial charge < -0.3 is 14.7 Å². The predicted octanol–water partition coefficient (Wildman–Crippen LogP) is 3.46. The fourth-order valence-electron chi connectivity index (χ4n) is 2.91. The molecule has 2 unspecified atom stereocenters. The van der Waals surface area contributed by atoms with Gasteiger partial charge in [-0.2, -0.15) is 0 Å². The van der Waals surface area contributed by atoms with Crippen LogP contribution in [0.3, 0.4) is 0 Å². The SMILES string of the molecule is CC(Oc1cccc(Br)c1)C(=O)N1CCCCC1CCC(=O)O. The van der Waals surface area contributed by atoms with Crippen molar-refractivity contribution in [2.45, 2.75) is 51.2 Å². The number of carbonyl (C=O) groups is 2. The Morgan fingerprint density at radius 2 is 2.22 bits per heavy atom. The first-order chi connectivity index (χ1) is 11.0. The van der Waals surface area contributed by atoms with Crippen LogP contribution in [0, 0.1) is 0 Å². The molecule has 1 aliphatic rings. The number of aliphatic carboxylic acids is 1. The van der Waals surface area contributed by atoms with Crippen LogP contribution in [0.1, 0.15) is 39.0 Å². The second-order valence-electron chi connectivity index (χ2n) is 5.83. The lowest BCUT2D eigenvalue weighted by atomic mass is 9.97. The molecule has 1 fully saturated rings. The summed E-state index contributed by atoms with van der Waals surface area (Å²) in [5.41, 5.74) is 0. The number of amides is 1. The summed E-state index contributed by atoms with van der Waals surface area (Å²) in [5.74, 6) is -0.249. The van der Waals surface area contributed by atoms with Crippen molar-refractivity contribution in [1.29, 1.82) is 0 Å². The van der Waals surface area contributed by atoms with E-state index in [2.05, 4.69) is 15.9 Å². The molecule has 1 amide bonds. The van der Waals surface area contributed by atoms with Gasteiger partial charge in [0.2, 0.25) is 0 Å². The maximum atomic E-state index is 12.7. The van der Waals surface area contributed by atoms with Gasteiger partial charge in [0.15, 0.2) is 6.10 Å². The average molecular weight is 384 g/mol. The van der Waals surface area contributed by atoms with Crippen LogP contribution in [0.15, 0.2) is 28.7 Å². The molecule has 1 aromatic rings. The quantitative estimate of drug-likeness (QED) is 0.816. The van der Waals surface area contributed by atoms with Gasteiger partial charge in [-0.15, -0.1) is 0 Å².